The third kappa shape index (κ3) is 6.45. The van der Waals surface area contributed by atoms with Crippen molar-refractivity contribution in [3.8, 4) is 23.0 Å². The molecule has 0 saturated heterocycles. The molecular weight excluding hydrogens is 436 g/mol. The lowest BCUT2D eigenvalue weighted by atomic mass is 9.77. The molecule has 4 heteroatoms. The number of benzene rings is 2. The zero-order chi connectivity index (χ0) is 27.1. The van der Waals surface area contributed by atoms with Crippen LogP contribution in [0.2, 0.25) is 0 Å². The topological polar surface area (TPSA) is 58.9 Å². The van der Waals surface area contributed by atoms with Crippen molar-refractivity contribution in [2.45, 2.75) is 118 Å². The summed E-state index contributed by atoms with van der Waals surface area (Å²) in [5.41, 5.74) is 3.22. The average Bonchev–Trinajstić information content (AvgIpc) is 2.64. The van der Waals surface area contributed by atoms with E-state index in [4.69, 9.17) is 9.47 Å². The fraction of sp³-hybridized carbons (Fsp3) is 0.613. The van der Waals surface area contributed by atoms with Gasteiger partial charge in [-0.3, -0.25) is 0 Å². The van der Waals surface area contributed by atoms with E-state index in [1.54, 1.807) is 0 Å². The Morgan fingerprint density at radius 3 is 1.40 bits per heavy atom. The lowest BCUT2D eigenvalue weighted by molar-refractivity contribution is 0.277. The Morgan fingerprint density at radius 1 is 0.600 bits per heavy atom. The van der Waals surface area contributed by atoms with E-state index < -0.39 is 0 Å². The van der Waals surface area contributed by atoms with Crippen molar-refractivity contribution < 1.29 is 19.7 Å². The largest absolute Gasteiger partial charge is 0.507 e. The van der Waals surface area contributed by atoms with Gasteiger partial charge in [0, 0.05) is 27.8 Å². The van der Waals surface area contributed by atoms with Crippen molar-refractivity contribution in [3.63, 3.8) is 0 Å². The quantitative estimate of drug-likeness (QED) is 0.448. The molecule has 0 spiro atoms. The summed E-state index contributed by atoms with van der Waals surface area (Å²) in [6, 6.07) is 5.83. The number of phenols is 2. The normalized spacial score (nSPS) is 13.2. The fourth-order valence-electron chi connectivity index (χ4n) is 4.48. The predicted molar refractivity (Wildman–Crippen MR) is 147 cm³/mol. The SMILES string of the molecule is CCOc1cc(C(C)(C)C)c(O)c(C(C)(C)C)c1COc1cc(C(C)(C)C)c(O)c(C(C)(C)C)c1. The average molecular weight is 485 g/mol. The van der Waals surface area contributed by atoms with Crippen LogP contribution in [0.5, 0.6) is 23.0 Å². The molecule has 0 bridgehead atoms. The first-order chi connectivity index (χ1) is 15.7. The van der Waals surface area contributed by atoms with Crippen molar-refractivity contribution in [1.29, 1.82) is 0 Å². The minimum atomic E-state index is -0.321. The fourth-order valence-corrected chi connectivity index (χ4v) is 4.48. The van der Waals surface area contributed by atoms with E-state index in [0.717, 1.165) is 33.6 Å². The smallest absolute Gasteiger partial charge is 0.126 e. The summed E-state index contributed by atoms with van der Waals surface area (Å²) in [5, 5.41) is 22.5. The molecule has 0 aliphatic carbocycles. The highest BCUT2D eigenvalue weighted by molar-refractivity contribution is 5.58. The summed E-state index contributed by atoms with van der Waals surface area (Å²) < 4.78 is 12.5. The van der Waals surface area contributed by atoms with E-state index in [0.29, 0.717) is 23.9 Å². The molecule has 0 aliphatic heterocycles. The Morgan fingerprint density at radius 2 is 1.03 bits per heavy atom. The van der Waals surface area contributed by atoms with Gasteiger partial charge in [-0.2, -0.15) is 0 Å². The highest BCUT2D eigenvalue weighted by atomic mass is 16.5. The van der Waals surface area contributed by atoms with Crippen LogP contribution in [0.15, 0.2) is 18.2 Å². The summed E-state index contributed by atoms with van der Waals surface area (Å²) >= 11 is 0. The maximum Gasteiger partial charge on any atom is 0.126 e. The van der Waals surface area contributed by atoms with E-state index in [2.05, 4.69) is 83.1 Å². The molecule has 0 atom stereocenters. The van der Waals surface area contributed by atoms with Crippen molar-refractivity contribution >= 4 is 0 Å². The van der Waals surface area contributed by atoms with Crippen molar-refractivity contribution in [3.05, 3.63) is 46.0 Å². The molecule has 0 heterocycles. The summed E-state index contributed by atoms with van der Waals surface area (Å²) in [6.07, 6.45) is 0. The molecule has 2 aromatic rings. The van der Waals surface area contributed by atoms with Gasteiger partial charge in [-0.25, -0.2) is 0 Å². The van der Waals surface area contributed by atoms with Gasteiger partial charge < -0.3 is 19.7 Å². The standard InChI is InChI=1S/C31H48O4/c1-14-34-24-17-23(30(8,9)10)27(33)25(31(11,12)13)20(24)18-35-19-15-21(28(2,3)4)26(32)22(16-19)29(5,6)7/h15-17,32-33H,14,18H2,1-13H3. The monoisotopic (exact) mass is 484 g/mol. The van der Waals surface area contributed by atoms with Crippen molar-refractivity contribution in [1.82, 2.24) is 0 Å². The Balaban J connectivity index is 2.72. The van der Waals surface area contributed by atoms with Crippen LogP contribution in [0.25, 0.3) is 0 Å². The lowest BCUT2D eigenvalue weighted by Gasteiger charge is -2.31. The van der Waals surface area contributed by atoms with Gasteiger partial charge in [0.15, 0.2) is 0 Å². The van der Waals surface area contributed by atoms with Crippen LogP contribution in [0, 0.1) is 0 Å². The summed E-state index contributed by atoms with van der Waals surface area (Å²) in [6.45, 7) is 27.9. The first-order valence-electron chi connectivity index (χ1n) is 12.7. The molecular formula is C31H48O4. The number of hydrogen-bond donors (Lipinski definition) is 2. The molecule has 2 aromatic carbocycles. The first kappa shape index (κ1) is 28.9. The second-order valence-electron chi connectivity index (χ2n) is 13.7. The van der Waals surface area contributed by atoms with E-state index in [-0.39, 0.29) is 28.3 Å². The van der Waals surface area contributed by atoms with E-state index in [9.17, 15) is 10.2 Å². The van der Waals surface area contributed by atoms with Gasteiger partial charge in [0.05, 0.1) is 6.61 Å². The number of phenolic OH excluding ortho intramolecular Hbond substituents is 2. The van der Waals surface area contributed by atoms with Crippen LogP contribution >= 0.6 is 0 Å². The third-order valence-electron chi connectivity index (χ3n) is 6.31. The Kier molecular flexibility index (Phi) is 7.92. The molecule has 0 amide bonds. The molecule has 0 aromatic heterocycles. The van der Waals surface area contributed by atoms with E-state index in [1.165, 1.54) is 0 Å². The minimum Gasteiger partial charge on any atom is -0.507 e. The molecule has 0 radical (unpaired) electrons. The van der Waals surface area contributed by atoms with Crippen molar-refractivity contribution in [2.24, 2.45) is 0 Å². The molecule has 2 N–H and O–H groups in total. The highest BCUT2D eigenvalue weighted by Gasteiger charge is 2.32. The number of hydrogen-bond acceptors (Lipinski definition) is 4. The Bertz CT molecular complexity index is 1020. The van der Waals surface area contributed by atoms with Crippen LogP contribution < -0.4 is 9.47 Å². The lowest BCUT2D eigenvalue weighted by Crippen LogP contribution is -2.21. The molecule has 0 saturated carbocycles. The number of ether oxygens (including phenoxy) is 2. The van der Waals surface area contributed by atoms with E-state index in [1.807, 2.05) is 25.1 Å². The second-order valence-corrected chi connectivity index (χ2v) is 13.7. The molecule has 35 heavy (non-hydrogen) atoms. The highest BCUT2D eigenvalue weighted by Crippen LogP contribution is 2.46. The van der Waals surface area contributed by atoms with Crippen LogP contribution in [0.3, 0.4) is 0 Å². The molecule has 0 unspecified atom stereocenters. The van der Waals surface area contributed by atoms with Gasteiger partial charge in [-0.15, -0.1) is 0 Å². The van der Waals surface area contributed by atoms with Crippen LogP contribution in [-0.2, 0) is 28.3 Å². The minimum absolute atomic E-state index is 0.241. The van der Waals surface area contributed by atoms with Gasteiger partial charge in [-0.05, 0) is 46.8 Å². The van der Waals surface area contributed by atoms with Gasteiger partial charge in [0.2, 0.25) is 0 Å². The number of aromatic hydroxyl groups is 2. The van der Waals surface area contributed by atoms with Gasteiger partial charge in [0.25, 0.3) is 0 Å². The van der Waals surface area contributed by atoms with Crippen LogP contribution in [0.1, 0.15) is 118 Å². The zero-order valence-corrected chi connectivity index (χ0v) is 24.4. The second kappa shape index (κ2) is 9.59. The third-order valence-corrected chi connectivity index (χ3v) is 6.31. The molecule has 2 rings (SSSR count). The van der Waals surface area contributed by atoms with E-state index >= 15 is 0 Å². The molecule has 196 valence electrons. The summed E-state index contributed by atoms with van der Waals surface area (Å²) in [7, 11) is 0. The Hall–Kier alpha value is -2.36. The Labute approximate surface area is 213 Å². The predicted octanol–water partition coefficient (Wildman–Crippen LogP) is 8.27. The van der Waals surface area contributed by atoms with Crippen LogP contribution in [-0.4, -0.2) is 16.8 Å². The molecule has 4 nitrogen and oxygen atoms in total. The van der Waals surface area contributed by atoms with Gasteiger partial charge in [-0.1, -0.05) is 83.1 Å². The summed E-state index contributed by atoms with van der Waals surface area (Å²) in [5.74, 6) is 2.07. The van der Waals surface area contributed by atoms with Crippen LogP contribution in [0.4, 0.5) is 0 Å². The van der Waals surface area contributed by atoms with Crippen molar-refractivity contribution in [2.75, 3.05) is 6.61 Å². The number of rotatable bonds is 5. The zero-order valence-electron chi connectivity index (χ0n) is 24.4. The first-order valence-corrected chi connectivity index (χ1v) is 12.7. The van der Waals surface area contributed by atoms with Gasteiger partial charge >= 0.3 is 0 Å². The molecule has 0 aliphatic rings. The molecule has 0 fully saturated rings. The van der Waals surface area contributed by atoms with Gasteiger partial charge in [0.1, 0.15) is 29.6 Å². The summed E-state index contributed by atoms with van der Waals surface area (Å²) in [4.78, 5) is 0. The maximum atomic E-state index is 11.4. The maximum absolute atomic E-state index is 11.4.